The highest BCUT2D eigenvalue weighted by Gasteiger charge is 2.34. The first kappa shape index (κ1) is 86.3. The average molecular weight is 1650 g/mol. The molecule has 2 aliphatic heterocycles. The second-order valence-electron chi connectivity index (χ2n) is 26.7. The van der Waals surface area contributed by atoms with Gasteiger partial charge in [0.1, 0.15) is 34.5 Å². The van der Waals surface area contributed by atoms with E-state index in [0.717, 1.165) is 48.2 Å². The van der Waals surface area contributed by atoms with Gasteiger partial charge in [-0.3, -0.25) is 49.2 Å². The van der Waals surface area contributed by atoms with Crippen molar-refractivity contribution in [3.8, 4) is 33.8 Å². The molecule has 588 valence electrons. The molecular formula is C81H80Cl3F4N9O12S3. The number of thiazole rings is 3. The first-order valence-electron chi connectivity index (χ1n) is 34.9. The fourth-order valence-electron chi connectivity index (χ4n) is 11.3. The van der Waals surface area contributed by atoms with Crippen LogP contribution in [-0.4, -0.2) is 130 Å². The zero-order valence-corrected chi connectivity index (χ0v) is 67.0. The Hall–Kier alpha value is -9.66. The van der Waals surface area contributed by atoms with Gasteiger partial charge in [0, 0.05) is 65.7 Å². The Bertz CT molecular complexity index is 5270. The lowest BCUT2D eigenvalue weighted by atomic mass is 10.1. The van der Waals surface area contributed by atoms with Crippen LogP contribution in [0.15, 0.2) is 146 Å². The van der Waals surface area contributed by atoms with Crippen molar-refractivity contribution in [1.82, 2.24) is 29.9 Å². The number of nitrogens with two attached hydrogens (primary N) is 1. The summed E-state index contributed by atoms with van der Waals surface area (Å²) < 4.78 is 85.0. The topological polar surface area (TPSA) is 310 Å². The number of aromatic nitrogens is 6. The zero-order valence-electron chi connectivity index (χ0n) is 63.2. The highest BCUT2D eigenvalue weighted by atomic mass is 35.5. The summed E-state index contributed by atoms with van der Waals surface area (Å²) in [5.41, 5.74) is 20.8. The monoisotopic (exact) mass is 1650 g/mol. The van der Waals surface area contributed by atoms with Gasteiger partial charge in [-0.2, -0.15) is 0 Å². The number of carbonyl (C=O) groups excluding carboxylic acids is 4. The Morgan fingerprint density at radius 3 is 1.19 bits per heavy atom. The molecule has 14 rings (SSSR count). The number of hydrogen-bond donors (Lipinski definition) is 6. The van der Waals surface area contributed by atoms with Crippen LogP contribution in [0.2, 0.25) is 0 Å². The molecule has 2 saturated heterocycles. The van der Waals surface area contributed by atoms with Gasteiger partial charge in [-0.15, -0.1) is 12.4 Å². The Balaban J connectivity index is 0.000000189. The summed E-state index contributed by atoms with van der Waals surface area (Å²) in [5, 5.41) is 32.4. The number of amides is 2. The minimum Gasteiger partial charge on any atom is -0.478 e. The minimum atomic E-state index is -1.14. The summed E-state index contributed by atoms with van der Waals surface area (Å²) in [7, 11) is -1.00. The van der Waals surface area contributed by atoms with Gasteiger partial charge in [0.2, 0.25) is 0 Å². The van der Waals surface area contributed by atoms with E-state index in [2.05, 4.69) is 109 Å². The van der Waals surface area contributed by atoms with Gasteiger partial charge in [-0.1, -0.05) is 70.4 Å². The number of hydrogen-bond acceptors (Lipinski definition) is 21. The van der Waals surface area contributed by atoms with E-state index in [0.29, 0.717) is 74.8 Å². The van der Waals surface area contributed by atoms with Crippen LogP contribution in [0.4, 0.5) is 33.0 Å². The van der Waals surface area contributed by atoms with Gasteiger partial charge in [0.25, 0.3) is 11.8 Å². The molecule has 0 bridgehead atoms. The molecule has 12 aromatic rings. The maximum atomic E-state index is 14.8. The van der Waals surface area contributed by atoms with Gasteiger partial charge >= 0.3 is 16.5 Å². The maximum absolute atomic E-state index is 14.8. The number of aryl methyl sites for hydroxylation is 6. The van der Waals surface area contributed by atoms with Crippen LogP contribution in [0, 0.1) is 59.0 Å². The first-order valence-corrected chi connectivity index (χ1v) is 37.4. The van der Waals surface area contributed by atoms with E-state index in [1.54, 1.807) is 84.4 Å². The van der Waals surface area contributed by atoms with Crippen LogP contribution in [0.1, 0.15) is 110 Å². The highest BCUT2D eigenvalue weighted by molar-refractivity contribution is 7.23. The van der Waals surface area contributed by atoms with Crippen molar-refractivity contribution < 1.29 is 77.2 Å². The number of carboxylic acids is 1. The van der Waals surface area contributed by atoms with E-state index in [1.165, 1.54) is 86.2 Å². The number of aliphatic hydroxyl groups excluding tert-OH is 2. The number of carbonyl (C=O) groups is 5. The van der Waals surface area contributed by atoms with Crippen molar-refractivity contribution in [2.45, 2.75) is 118 Å². The van der Waals surface area contributed by atoms with Crippen LogP contribution < -0.4 is 16.4 Å². The largest absolute Gasteiger partial charge is 0.478 e. The molecule has 8 heterocycles. The third kappa shape index (κ3) is 23.9. The van der Waals surface area contributed by atoms with Gasteiger partial charge in [0.15, 0.2) is 27.0 Å². The quantitative estimate of drug-likeness (QED) is 0.0297. The van der Waals surface area contributed by atoms with E-state index in [9.17, 15) is 46.6 Å². The van der Waals surface area contributed by atoms with Crippen molar-refractivity contribution >= 4 is 144 Å². The van der Waals surface area contributed by atoms with E-state index >= 15 is 0 Å². The van der Waals surface area contributed by atoms with E-state index in [1.807, 2.05) is 60.6 Å². The molecular weight excluding hydrogens is 1570 g/mol. The number of ether oxygens (including phenoxy) is 4. The van der Waals surface area contributed by atoms with Gasteiger partial charge in [0.05, 0.1) is 82.9 Å². The molecule has 7 N–H and O–H groups in total. The molecule has 0 unspecified atom stereocenters. The summed E-state index contributed by atoms with van der Waals surface area (Å²) >= 11 is 13.4. The fourth-order valence-corrected chi connectivity index (χ4v) is 14.0. The lowest BCUT2D eigenvalue weighted by molar-refractivity contribution is -0.138. The number of nitrogens with zero attached hydrogens (tertiary/aromatic N) is 6. The SMILES string of the molecule is CC1(C)OC[C@@H](Cc2cnc(-c3ccc(C(=O)O)cc3)c(F)c2)O1.Cc1cc2nc(N)sc2cc1C.Cc1cc2nc(NC(=O)c3ccc(-c4ncc(C[C@@H](O)CO)cc4F)cc3)sc2cc1C.Cc1cc2nc(NC(=O)c3ccc(-c4ncc(C[C@@H]5COC(C)(C)O5)cc4F)cc3)sc2cc1C.Cl.O=C(Cl)C(=O)Cl.[2H]CF. The molecule has 2 amide bonds. The second-order valence-corrected chi connectivity index (χ2v) is 30.5. The van der Waals surface area contributed by atoms with Gasteiger partial charge < -0.3 is 40.0 Å². The normalized spacial score (nSPS) is 14.7. The summed E-state index contributed by atoms with van der Waals surface area (Å²) in [6.07, 6.45) is 4.69. The smallest absolute Gasteiger partial charge is 0.335 e. The maximum Gasteiger partial charge on any atom is 0.335 e. The predicted molar refractivity (Wildman–Crippen MR) is 433 cm³/mol. The standard InChI is InChI=1S/C27H26FN3O3S.C24H22FN3O3S.C18H18FNO4.C9H10N2S.C2Cl2O2.CH3F.ClH/c1-15-9-22-23(10-16(15)2)35-26(30-22)31-25(32)19-7-5-18(6-8-19)24-21(28)12-17(13-29-24)11-20-14-33-27(3,4)34-20;1-13-7-20-21(8-14(13)2)32-24(27-20)28-23(31)17-5-3-16(4-6-17)22-19(25)10-15(11-26-22)9-18(30)12-29;1-18(2)23-10-14(24-18)7-11-8-15(19)16(20-9-11)12-3-5-13(6-4-12)17(21)22;1-5-3-7-8(4-6(5)2)12-9(10)11-7;3-1(5)2(4)6;1-2;/h5-10,12-13,20H,11,14H2,1-4H3,(H,30,31,32);3-8,10-11,18,29-30H,9,12H2,1-2H3,(H,27,28,31);3-6,8-9,14H,7,10H2,1-2H3,(H,21,22);3-4H,1-2H3,(H2,10,11);;1H3;1H/t20-;18-;14-;;;;/m111..../s1/i;;;;;1D;. The third-order valence-corrected chi connectivity index (χ3v) is 20.5. The molecule has 112 heavy (non-hydrogen) atoms. The Labute approximate surface area is 672 Å². The number of benzene rings is 6. The number of anilines is 3. The van der Waals surface area contributed by atoms with Crippen molar-refractivity contribution in [2.75, 3.05) is 43.3 Å². The van der Waals surface area contributed by atoms with E-state index in [4.69, 9.17) is 36.3 Å². The molecule has 21 nitrogen and oxygen atoms in total. The molecule has 6 aromatic heterocycles. The van der Waals surface area contributed by atoms with Crippen LogP contribution in [0.25, 0.3) is 64.4 Å². The molecule has 0 radical (unpaired) electrons. The van der Waals surface area contributed by atoms with E-state index < -0.39 is 65.3 Å². The van der Waals surface area contributed by atoms with Gasteiger partial charge in [-0.25, -0.2) is 32.9 Å². The highest BCUT2D eigenvalue weighted by Crippen LogP contribution is 2.34. The average Bonchev–Trinajstić information content (AvgIpc) is 1.26. The lowest BCUT2D eigenvalue weighted by Crippen LogP contribution is -2.22. The third-order valence-electron chi connectivity index (χ3n) is 17.3. The van der Waals surface area contributed by atoms with E-state index in [-0.39, 0.29) is 65.5 Å². The molecule has 0 spiro atoms. The number of alkyl halides is 1. The number of aliphatic hydroxyl groups is 2. The molecule has 2 fully saturated rings. The Kier molecular flexibility index (Phi) is 30.2. The number of carboxylic acid groups (broad SMARTS) is 1. The van der Waals surface area contributed by atoms with Gasteiger partial charge in [-0.05, 0) is 234 Å². The number of nitrogens with one attached hydrogen (secondary N) is 2. The number of aromatic carboxylic acids is 1. The Morgan fingerprint density at radius 1 is 0.545 bits per heavy atom. The molecule has 0 saturated carbocycles. The van der Waals surface area contributed by atoms with Crippen LogP contribution in [0.3, 0.4) is 0 Å². The number of pyridine rings is 3. The van der Waals surface area contributed by atoms with Crippen LogP contribution in [0.5, 0.6) is 0 Å². The second kappa shape index (κ2) is 39.2. The van der Waals surface area contributed by atoms with Crippen LogP contribution in [-0.2, 0) is 47.8 Å². The number of rotatable bonds is 16. The summed E-state index contributed by atoms with van der Waals surface area (Å²) in [6, 6.07) is 35.7. The summed E-state index contributed by atoms with van der Waals surface area (Å²) in [5.74, 6) is -4.22. The molecule has 2 aliphatic rings. The molecule has 3 atom stereocenters. The van der Waals surface area contributed by atoms with Crippen LogP contribution >= 0.6 is 69.6 Å². The summed E-state index contributed by atoms with van der Waals surface area (Å²) in [6.45, 7) is 20.3. The number of nitrogen functional groups attached to an aromatic ring is 1. The number of fused-ring (bicyclic) bond motifs is 3. The predicted octanol–water partition coefficient (Wildman–Crippen LogP) is 17.6. The van der Waals surface area contributed by atoms with Crippen molar-refractivity contribution in [3.63, 3.8) is 0 Å². The zero-order chi connectivity index (χ0) is 81.5. The lowest BCUT2D eigenvalue weighted by Gasteiger charge is -2.17. The molecule has 6 aromatic carbocycles. The fraction of sp³-hybridized carbons (Fsp3) is 0.272. The minimum absolute atomic E-state index is 0. The molecule has 31 heteroatoms. The number of halogens is 7. The first-order chi connectivity index (χ1) is 53.1. The van der Waals surface area contributed by atoms with Crippen molar-refractivity contribution in [3.05, 3.63) is 230 Å². The summed E-state index contributed by atoms with van der Waals surface area (Å²) in [4.78, 5) is 81.0. The Morgan fingerprint density at radius 2 is 0.866 bits per heavy atom. The molecule has 0 aliphatic carbocycles. The van der Waals surface area contributed by atoms with Crippen molar-refractivity contribution in [1.29, 1.82) is 0 Å². The van der Waals surface area contributed by atoms with Crippen molar-refractivity contribution in [2.24, 2.45) is 0 Å².